The Morgan fingerprint density at radius 1 is 1.17 bits per heavy atom. The number of amides is 1. The minimum atomic E-state index is -1.10. The molecular weight excluding hydrogens is 310 g/mol. The fraction of sp³-hybridized carbons (Fsp3) is 0.111. The third kappa shape index (κ3) is 3.55. The Kier molecular flexibility index (Phi) is 4.20. The van der Waals surface area contributed by atoms with Crippen molar-refractivity contribution in [2.45, 2.75) is 13.5 Å². The monoisotopic (exact) mass is 325 g/mol. The van der Waals surface area contributed by atoms with Gasteiger partial charge in [0.2, 0.25) is 0 Å². The van der Waals surface area contributed by atoms with Crippen molar-refractivity contribution in [3.8, 4) is 5.75 Å². The Morgan fingerprint density at radius 2 is 1.92 bits per heavy atom. The number of fused-ring (bicyclic) bond motifs is 1. The molecule has 0 aliphatic heterocycles. The van der Waals surface area contributed by atoms with Gasteiger partial charge in [-0.1, -0.05) is 12.1 Å². The van der Waals surface area contributed by atoms with Crippen LogP contribution >= 0.6 is 0 Å². The molecule has 0 fully saturated rings. The van der Waals surface area contributed by atoms with Crippen LogP contribution in [-0.4, -0.2) is 11.2 Å². The number of hydrogen-bond donors (Lipinski definition) is 2. The Bertz CT molecular complexity index is 944. The molecule has 3 rings (SSSR count). The van der Waals surface area contributed by atoms with E-state index in [1.165, 1.54) is 6.07 Å². The maximum Gasteiger partial charge on any atom is 0.409 e. The third-order valence-corrected chi connectivity index (χ3v) is 3.53. The lowest BCUT2D eigenvalue weighted by Gasteiger charge is -2.08. The normalized spacial score (nSPS) is 10.5. The van der Waals surface area contributed by atoms with Crippen LogP contribution in [0.3, 0.4) is 0 Å². The molecule has 1 amide bonds. The van der Waals surface area contributed by atoms with E-state index in [9.17, 15) is 9.59 Å². The van der Waals surface area contributed by atoms with Crippen LogP contribution in [0.2, 0.25) is 0 Å². The van der Waals surface area contributed by atoms with Gasteiger partial charge in [-0.25, -0.2) is 9.59 Å². The highest BCUT2D eigenvalue weighted by atomic mass is 16.5. The van der Waals surface area contributed by atoms with Gasteiger partial charge in [0.25, 0.3) is 0 Å². The second-order valence-electron chi connectivity index (χ2n) is 5.32. The fourth-order valence-electron chi connectivity index (χ4n) is 2.37. The number of aryl methyl sites for hydroxylation is 1. The molecule has 0 saturated heterocycles. The summed E-state index contributed by atoms with van der Waals surface area (Å²) < 4.78 is 10.9. The van der Waals surface area contributed by atoms with E-state index in [1.807, 2.05) is 19.1 Å². The van der Waals surface area contributed by atoms with E-state index < -0.39 is 11.7 Å². The zero-order chi connectivity index (χ0) is 17.1. The first-order valence-corrected chi connectivity index (χ1v) is 7.27. The van der Waals surface area contributed by atoms with Crippen molar-refractivity contribution in [3.05, 3.63) is 70.1 Å². The van der Waals surface area contributed by atoms with Crippen LogP contribution < -0.4 is 15.7 Å². The van der Waals surface area contributed by atoms with Crippen molar-refractivity contribution < 1.29 is 19.1 Å². The van der Waals surface area contributed by atoms with Crippen LogP contribution in [0.25, 0.3) is 11.0 Å². The van der Waals surface area contributed by atoms with Crippen LogP contribution in [0, 0.1) is 6.92 Å². The largest absolute Gasteiger partial charge is 0.489 e. The quantitative estimate of drug-likeness (QED) is 0.713. The van der Waals surface area contributed by atoms with Crippen LogP contribution in [0.4, 0.5) is 10.5 Å². The maximum absolute atomic E-state index is 11.4. The number of carbonyl (C=O) groups is 1. The van der Waals surface area contributed by atoms with E-state index in [0.717, 1.165) is 16.5 Å². The molecule has 0 radical (unpaired) electrons. The number of hydrogen-bond acceptors (Lipinski definition) is 4. The highest BCUT2D eigenvalue weighted by Crippen LogP contribution is 2.23. The van der Waals surface area contributed by atoms with Crippen molar-refractivity contribution in [1.29, 1.82) is 0 Å². The third-order valence-electron chi connectivity index (χ3n) is 3.53. The Labute approximate surface area is 137 Å². The summed E-state index contributed by atoms with van der Waals surface area (Å²) in [6, 6.07) is 13.7. The Morgan fingerprint density at radius 3 is 2.62 bits per heavy atom. The van der Waals surface area contributed by atoms with E-state index in [0.29, 0.717) is 23.6 Å². The molecule has 6 heteroatoms. The molecule has 6 nitrogen and oxygen atoms in total. The summed E-state index contributed by atoms with van der Waals surface area (Å²) in [5, 5.41) is 11.8. The van der Waals surface area contributed by atoms with Gasteiger partial charge in [0.1, 0.15) is 17.9 Å². The van der Waals surface area contributed by atoms with Gasteiger partial charge in [-0.05, 0) is 42.3 Å². The molecule has 0 spiro atoms. The maximum atomic E-state index is 11.4. The predicted octanol–water partition coefficient (Wildman–Crippen LogP) is 3.77. The summed E-state index contributed by atoms with van der Waals surface area (Å²) in [6.45, 7) is 2.17. The molecular formula is C18H15NO5. The van der Waals surface area contributed by atoms with Crippen LogP contribution in [0.15, 0.2) is 57.7 Å². The minimum Gasteiger partial charge on any atom is -0.489 e. The highest BCUT2D eigenvalue weighted by molar-refractivity contribution is 5.82. The molecule has 24 heavy (non-hydrogen) atoms. The standard InChI is InChI=1S/C18H15NO5/c1-11-8-17(20)24-16-9-14(6-7-15(11)16)23-10-12-2-4-13(5-3-12)19-18(21)22/h2-9,19H,10H2,1H3,(H,21,22). The first kappa shape index (κ1) is 15.6. The summed E-state index contributed by atoms with van der Waals surface area (Å²) in [5.74, 6) is 0.587. The van der Waals surface area contributed by atoms with E-state index >= 15 is 0 Å². The SMILES string of the molecule is Cc1cc(=O)oc2cc(OCc3ccc(NC(=O)O)cc3)ccc12. The average molecular weight is 325 g/mol. The van der Waals surface area contributed by atoms with Gasteiger partial charge in [-0.3, -0.25) is 5.32 Å². The number of benzene rings is 2. The van der Waals surface area contributed by atoms with Crippen molar-refractivity contribution in [1.82, 2.24) is 0 Å². The van der Waals surface area contributed by atoms with Gasteiger partial charge >= 0.3 is 11.7 Å². The molecule has 0 aliphatic rings. The summed E-state index contributed by atoms with van der Waals surface area (Å²) in [6.07, 6.45) is -1.10. The summed E-state index contributed by atoms with van der Waals surface area (Å²) in [4.78, 5) is 22.0. The molecule has 0 atom stereocenters. The zero-order valence-corrected chi connectivity index (χ0v) is 12.9. The fourth-order valence-corrected chi connectivity index (χ4v) is 2.37. The van der Waals surface area contributed by atoms with Gasteiger partial charge in [0.15, 0.2) is 0 Å². The highest BCUT2D eigenvalue weighted by Gasteiger charge is 2.05. The number of rotatable bonds is 4. The van der Waals surface area contributed by atoms with E-state index in [2.05, 4.69) is 5.32 Å². The predicted molar refractivity (Wildman–Crippen MR) is 89.6 cm³/mol. The smallest absolute Gasteiger partial charge is 0.409 e. The van der Waals surface area contributed by atoms with Crippen molar-refractivity contribution in [2.75, 3.05) is 5.32 Å². The first-order chi connectivity index (χ1) is 11.5. The lowest BCUT2D eigenvalue weighted by atomic mass is 10.1. The van der Waals surface area contributed by atoms with Gasteiger partial charge in [0, 0.05) is 23.2 Å². The van der Waals surface area contributed by atoms with E-state index in [-0.39, 0.29) is 0 Å². The lowest BCUT2D eigenvalue weighted by Crippen LogP contribution is -2.07. The van der Waals surface area contributed by atoms with Crippen LogP contribution in [-0.2, 0) is 6.61 Å². The second kappa shape index (κ2) is 6.45. The molecule has 0 saturated carbocycles. The summed E-state index contributed by atoms with van der Waals surface area (Å²) >= 11 is 0. The number of ether oxygens (including phenoxy) is 1. The van der Waals surface area contributed by atoms with Crippen molar-refractivity contribution in [3.63, 3.8) is 0 Å². The number of nitrogens with one attached hydrogen (secondary N) is 1. The molecule has 0 bridgehead atoms. The first-order valence-electron chi connectivity index (χ1n) is 7.27. The molecule has 0 aliphatic carbocycles. The van der Waals surface area contributed by atoms with E-state index in [1.54, 1.807) is 30.3 Å². The zero-order valence-electron chi connectivity index (χ0n) is 12.9. The average Bonchev–Trinajstić information content (AvgIpc) is 2.53. The summed E-state index contributed by atoms with van der Waals surface area (Å²) in [7, 11) is 0. The van der Waals surface area contributed by atoms with E-state index in [4.69, 9.17) is 14.3 Å². The van der Waals surface area contributed by atoms with Crippen molar-refractivity contribution in [2.24, 2.45) is 0 Å². The lowest BCUT2D eigenvalue weighted by molar-refractivity contribution is 0.210. The Balaban J connectivity index is 1.73. The van der Waals surface area contributed by atoms with Gasteiger partial charge in [-0.2, -0.15) is 0 Å². The minimum absolute atomic E-state index is 0.314. The van der Waals surface area contributed by atoms with Crippen LogP contribution in [0.5, 0.6) is 5.75 Å². The van der Waals surface area contributed by atoms with Crippen molar-refractivity contribution >= 4 is 22.7 Å². The van der Waals surface area contributed by atoms with Crippen LogP contribution in [0.1, 0.15) is 11.1 Å². The van der Waals surface area contributed by atoms with Gasteiger partial charge in [0.05, 0.1) is 0 Å². The molecule has 0 unspecified atom stereocenters. The Hall–Kier alpha value is -3.28. The molecule has 2 N–H and O–H groups in total. The molecule has 122 valence electrons. The second-order valence-corrected chi connectivity index (χ2v) is 5.32. The molecule has 3 aromatic rings. The number of carboxylic acid groups (broad SMARTS) is 1. The van der Waals surface area contributed by atoms with Gasteiger partial charge in [-0.15, -0.1) is 0 Å². The van der Waals surface area contributed by atoms with Gasteiger partial charge < -0.3 is 14.3 Å². The molecule has 2 aromatic carbocycles. The topological polar surface area (TPSA) is 88.8 Å². The molecule has 1 aromatic heterocycles. The molecule has 1 heterocycles. The number of anilines is 1. The summed E-state index contributed by atoms with van der Waals surface area (Å²) in [5.41, 5.74) is 2.33.